The van der Waals surface area contributed by atoms with Crippen molar-refractivity contribution in [3.8, 4) is 0 Å². The number of nitrogens with zero attached hydrogens (tertiary/aromatic N) is 4. The fourth-order valence-corrected chi connectivity index (χ4v) is 9.87. The van der Waals surface area contributed by atoms with E-state index in [2.05, 4.69) is 38.7 Å². The molecule has 1 aromatic heterocycles. The monoisotopic (exact) mass is 804 g/mol. The zero-order valence-electron chi connectivity index (χ0n) is 33.4. The van der Waals surface area contributed by atoms with Crippen molar-refractivity contribution in [3.05, 3.63) is 101 Å². The summed E-state index contributed by atoms with van der Waals surface area (Å²) in [5.74, 6) is 1.40. The van der Waals surface area contributed by atoms with E-state index >= 15 is 0 Å². The molecular weight excluding hydrogens is 749 g/mol. The Morgan fingerprint density at radius 2 is 1.69 bits per heavy atom. The van der Waals surface area contributed by atoms with E-state index < -0.39 is 6.04 Å². The highest BCUT2D eigenvalue weighted by molar-refractivity contribution is 7.99. The van der Waals surface area contributed by atoms with Crippen molar-refractivity contribution in [2.45, 2.75) is 94.0 Å². The first-order chi connectivity index (χ1) is 28.3. The predicted octanol–water partition coefficient (Wildman–Crippen LogP) is 6.45. The number of likely N-dealkylation sites (tertiary alicyclic amines) is 2. The zero-order chi connectivity index (χ0) is 40.3. The average molecular weight is 805 g/mol. The molecule has 5 heterocycles. The molecule has 4 aliphatic rings. The molecule has 306 valence electrons. The van der Waals surface area contributed by atoms with Crippen LogP contribution in [0.15, 0.2) is 78.0 Å². The molecule has 0 bridgehead atoms. The Morgan fingerprint density at radius 3 is 2.45 bits per heavy atom. The van der Waals surface area contributed by atoms with Crippen LogP contribution in [0.4, 0.5) is 0 Å². The first kappa shape index (κ1) is 41.4. The van der Waals surface area contributed by atoms with Gasteiger partial charge in [0.1, 0.15) is 6.04 Å². The zero-order valence-corrected chi connectivity index (χ0v) is 34.2. The van der Waals surface area contributed by atoms with Gasteiger partial charge in [0.25, 0.3) is 11.8 Å². The molecule has 0 saturated carbocycles. The van der Waals surface area contributed by atoms with Crippen LogP contribution in [0.2, 0.25) is 0 Å². The number of amides is 5. The van der Waals surface area contributed by atoms with Crippen molar-refractivity contribution in [3.63, 3.8) is 0 Å². The highest BCUT2D eigenvalue weighted by Gasteiger charge is 2.40. The number of benzene rings is 2. The number of pyridine rings is 1. The summed E-state index contributed by atoms with van der Waals surface area (Å²) in [5.41, 5.74) is 4.69. The quantitative estimate of drug-likeness (QED) is 0.0732. The van der Waals surface area contributed by atoms with Crippen LogP contribution >= 0.6 is 11.8 Å². The van der Waals surface area contributed by atoms with E-state index in [0.717, 1.165) is 118 Å². The molecule has 0 aliphatic carbocycles. The molecule has 0 radical (unpaired) electrons. The third-order valence-corrected chi connectivity index (χ3v) is 13.4. The standard InChI is InChI=1S/C46H56N6O5S/c53-42(17-11-34-8-6-23-47-31-34)48-24-2-1-7-33-19-28-51(29-20-33)45(56)37-14-12-35(13-15-37)36-21-26-50(27-22-36)25-3-4-30-58-41-10-5-9-38-39(41)32-52(46(38)57)40-16-18-43(54)49-44(40)55/h5-6,8-15,17,23,31,33,36,40H,1-4,7,16,18-22,24-30,32H2,(H,48,53)(H,49,54,55)/b17-11+. The van der Waals surface area contributed by atoms with Crippen molar-refractivity contribution < 1.29 is 24.0 Å². The molecule has 12 heteroatoms. The molecule has 5 amide bonds. The van der Waals surface area contributed by atoms with Crippen LogP contribution in [0.5, 0.6) is 0 Å². The Bertz CT molecular complexity index is 1940. The molecule has 4 aliphatic heterocycles. The molecule has 3 aromatic rings. The largest absolute Gasteiger partial charge is 0.353 e. The van der Waals surface area contributed by atoms with Gasteiger partial charge in [-0.25, -0.2) is 0 Å². The molecule has 2 aromatic carbocycles. The smallest absolute Gasteiger partial charge is 0.255 e. The maximum absolute atomic E-state index is 13.4. The van der Waals surface area contributed by atoms with Gasteiger partial charge in [-0.1, -0.05) is 37.1 Å². The maximum atomic E-state index is 13.4. The van der Waals surface area contributed by atoms with Crippen LogP contribution in [-0.4, -0.2) is 100 Å². The van der Waals surface area contributed by atoms with Gasteiger partial charge >= 0.3 is 0 Å². The number of piperidine rings is 3. The van der Waals surface area contributed by atoms with Gasteiger partial charge in [0.2, 0.25) is 17.7 Å². The first-order valence-electron chi connectivity index (χ1n) is 21.2. The third-order valence-electron chi connectivity index (χ3n) is 12.2. The summed E-state index contributed by atoms with van der Waals surface area (Å²) in [6.07, 6.45) is 17.1. The first-order valence-corrected chi connectivity index (χ1v) is 22.2. The van der Waals surface area contributed by atoms with Gasteiger partial charge < -0.3 is 20.0 Å². The Kier molecular flexibility index (Phi) is 14.4. The van der Waals surface area contributed by atoms with Gasteiger partial charge in [0, 0.05) is 67.1 Å². The fraction of sp³-hybridized carbons (Fsp3) is 0.478. The minimum absolute atomic E-state index is 0.0812. The van der Waals surface area contributed by atoms with Gasteiger partial charge in [-0.3, -0.25) is 34.3 Å². The SMILES string of the molecule is O=C(/C=C/c1cccnc1)NCCCCC1CCN(C(=O)c2ccc(C3CCN(CCCCSc4cccc5c4CN(C4CCC(=O)NC4=O)C5=O)CC3)cc2)CC1. The summed E-state index contributed by atoms with van der Waals surface area (Å²) in [5, 5.41) is 5.35. The number of hydrogen-bond donors (Lipinski definition) is 2. The number of thioether (sulfide) groups is 1. The fourth-order valence-electron chi connectivity index (χ4n) is 8.78. The van der Waals surface area contributed by atoms with Gasteiger partial charge in [0.05, 0.1) is 0 Å². The molecule has 1 atom stereocenters. The lowest BCUT2D eigenvalue weighted by Gasteiger charge is -2.33. The summed E-state index contributed by atoms with van der Waals surface area (Å²) in [6.45, 7) is 5.93. The summed E-state index contributed by atoms with van der Waals surface area (Å²) in [7, 11) is 0. The Balaban J connectivity index is 0.749. The minimum atomic E-state index is -0.591. The number of imide groups is 1. The lowest BCUT2D eigenvalue weighted by atomic mass is 9.88. The Morgan fingerprint density at radius 1 is 0.879 bits per heavy atom. The number of fused-ring (bicyclic) bond motifs is 1. The van der Waals surface area contributed by atoms with Gasteiger partial charge in [0.15, 0.2) is 0 Å². The Hall–Kier alpha value is -4.81. The number of carbonyl (C=O) groups excluding carboxylic acids is 5. The van der Waals surface area contributed by atoms with Crippen LogP contribution in [-0.2, 0) is 20.9 Å². The minimum Gasteiger partial charge on any atom is -0.353 e. The van der Waals surface area contributed by atoms with Crippen LogP contribution < -0.4 is 10.6 Å². The molecule has 3 saturated heterocycles. The normalized spacial score (nSPS) is 19.4. The van der Waals surface area contributed by atoms with Crippen molar-refractivity contribution in [1.82, 2.24) is 30.3 Å². The van der Waals surface area contributed by atoms with Crippen LogP contribution in [0.25, 0.3) is 6.08 Å². The van der Waals surface area contributed by atoms with E-state index in [9.17, 15) is 24.0 Å². The van der Waals surface area contributed by atoms with Crippen molar-refractivity contribution in [2.75, 3.05) is 45.0 Å². The van der Waals surface area contributed by atoms with Gasteiger partial charge in [-0.2, -0.15) is 0 Å². The van der Waals surface area contributed by atoms with Crippen molar-refractivity contribution in [1.29, 1.82) is 0 Å². The number of nitrogens with one attached hydrogen (secondary N) is 2. The van der Waals surface area contributed by atoms with Gasteiger partial charge in [-0.05, 0) is 142 Å². The topological polar surface area (TPSA) is 132 Å². The van der Waals surface area contributed by atoms with E-state index in [4.69, 9.17) is 0 Å². The molecule has 1 unspecified atom stereocenters. The summed E-state index contributed by atoms with van der Waals surface area (Å²) >= 11 is 1.79. The number of carbonyl (C=O) groups is 5. The highest BCUT2D eigenvalue weighted by Crippen LogP contribution is 2.35. The van der Waals surface area contributed by atoms with Crippen molar-refractivity contribution in [2.24, 2.45) is 5.92 Å². The number of aromatic nitrogens is 1. The summed E-state index contributed by atoms with van der Waals surface area (Å²) < 4.78 is 0. The van der Waals surface area contributed by atoms with E-state index in [1.54, 1.807) is 41.2 Å². The van der Waals surface area contributed by atoms with Gasteiger partial charge in [-0.15, -0.1) is 11.8 Å². The van der Waals surface area contributed by atoms with E-state index in [1.165, 1.54) is 5.56 Å². The highest BCUT2D eigenvalue weighted by atomic mass is 32.2. The van der Waals surface area contributed by atoms with Crippen molar-refractivity contribution >= 4 is 47.4 Å². The second-order valence-corrected chi connectivity index (χ2v) is 17.3. The molecule has 2 N–H and O–H groups in total. The average Bonchev–Trinajstić information content (AvgIpc) is 3.59. The van der Waals surface area contributed by atoms with Crippen LogP contribution in [0, 0.1) is 5.92 Å². The molecule has 0 spiro atoms. The number of unbranched alkanes of at least 4 members (excludes halogenated alkanes) is 2. The second kappa shape index (κ2) is 20.2. The van der Waals surface area contributed by atoms with E-state index in [-0.39, 0.29) is 36.0 Å². The lowest BCUT2D eigenvalue weighted by Crippen LogP contribution is -2.52. The lowest BCUT2D eigenvalue weighted by molar-refractivity contribution is -0.137. The van der Waals surface area contributed by atoms with Crippen LogP contribution in [0.3, 0.4) is 0 Å². The molecule has 7 rings (SSSR count). The Labute approximate surface area is 346 Å². The predicted molar refractivity (Wildman–Crippen MR) is 226 cm³/mol. The van der Waals surface area contributed by atoms with Crippen LogP contribution in [0.1, 0.15) is 114 Å². The summed E-state index contributed by atoms with van der Waals surface area (Å²) in [6, 6.07) is 17.4. The molecule has 58 heavy (non-hydrogen) atoms. The number of rotatable bonds is 16. The number of hydrogen-bond acceptors (Lipinski definition) is 8. The second-order valence-electron chi connectivity index (χ2n) is 16.1. The summed E-state index contributed by atoms with van der Waals surface area (Å²) in [4.78, 5) is 74.0. The third kappa shape index (κ3) is 10.8. The molecule has 3 fully saturated rings. The van der Waals surface area contributed by atoms with E-state index in [0.29, 0.717) is 36.9 Å². The molecular formula is C46H56N6O5S. The van der Waals surface area contributed by atoms with E-state index in [1.807, 2.05) is 41.3 Å². The maximum Gasteiger partial charge on any atom is 0.255 e. The molecule has 11 nitrogen and oxygen atoms in total.